The van der Waals surface area contributed by atoms with Gasteiger partial charge in [-0.05, 0) is 36.1 Å². The zero-order valence-corrected chi connectivity index (χ0v) is 15.1. The summed E-state index contributed by atoms with van der Waals surface area (Å²) in [6.07, 6.45) is 4.61. The molecule has 3 aromatic rings. The van der Waals surface area contributed by atoms with E-state index in [0.29, 0.717) is 5.92 Å². The Balaban J connectivity index is 1.65. The maximum absolute atomic E-state index is 5.38. The molecule has 6 heteroatoms. The van der Waals surface area contributed by atoms with E-state index < -0.39 is 0 Å². The standard InChI is InChI=1S/C19H24N4O2/c1-13(9-14-5-6-17(24-3)18(10-14)25-4)11-21-16-7-8-20-19-15(16)12-22-23(19)2/h5-8,10,12-13H,9,11H2,1-4H3,(H,20,21). The van der Waals surface area contributed by atoms with Gasteiger partial charge in [0.15, 0.2) is 17.1 Å². The Hall–Kier alpha value is -2.76. The molecule has 0 radical (unpaired) electrons. The van der Waals surface area contributed by atoms with E-state index in [-0.39, 0.29) is 0 Å². The minimum absolute atomic E-state index is 0.456. The molecule has 0 fully saturated rings. The fourth-order valence-corrected chi connectivity index (χ4v) is 2.97. The first-order valence-electron chi connectivity index (χ1n) is 8.34. The summed E-state index contributed by atoms with van der Waals surface area (Å²) in [7, 11) is 5.21. The van der Waals surface area contributed by atoms with E-state index in [1.807, 2.05) is 37.6 Å². The summed E-state index contributed by atoms with van der Waals surface area (Å²) in [6.45, 7) is 3.09. The van der Waals surface area contributed by atoms with Gasteiger partial charge in [-0.15, -0.1) is 0 Å². The number of anilines is 1. The van der Waals surface area contributed by atoms with Gasteiger partial charge in [-0.1, -0.05) is 13.0 Å². The first-order valence-corrected chi connectivity index (χ1v) is 8.34. The van der Waals surface area contributed by atoms with Crippen LogP contribution in [0.2, 0.25) is 0 Å². The van der Waals surface area contributed by atoms with Crippen molar-refractivity contribution in [2.24, 2.45) is 13.0 Å². The SMILES string of the molecule is COc1ccc(CC(C)CNc2ccnc3c2cnn3C)cc1OC. The molecule has 6 nitrogen and oxygen atoms in total. The quantitative estimate of drug-likeness (QED) is 0.715. The number of ether oxygens (including phenoxy) is 2. The first-order chi connectivity index (χ1) is 12.1. The number of nitrogens with zero attached hydrogens (tertiary/aromatic N) is 3. The molecule has 25 heavy (non-hydrogen) atoms. The fraction of sp³-hybridized carbons (Fsp3) is 0.368. The molecular formula is C19H24N4O2. The number of aromatic nitrogens is 3. The highest BCUT2D eigenvalue weighted by atomic mass is 16.5. The summed E-state index contributed by atoms with van der Waals surface area (Å²) in [5.41, 5.74) is 3.18. The minimum atomic E-state index is 0.456. The molecule has 3 rings (SSSR count). The normalized spacial score (nSPS) is 12.2. The van der Waals surface area contributed by atoms with Gasteiger partial charge in [-0.3, -0.25) is 4.68 Å². The van der Waals surface area contributed by atoms with Crippen molar-refractivity contribution in [2.45, 2.75) is 13.3 Å². The molecule has 2 aromatic heterocycles. The van der Waals surface area contributed by atoms with E-state index in [1.165, 1.54) is 5.56 Å². The zero-order chi connectivity index (χ0) is 17.8. The Bertz CT molecular complexity index is 860. The van der Waals surface area contributed by atoms with E-state index in [9.17, 15) is 0 Å². The van der Waals surface area contributed by atoms with Crippen molar-refractivity contribution >= 4 is 16.7 Å². The average molecular weight is 340 g/mol. The lowest BCUT2D eigenvalue weighted by atomic mass is 10.0. The Labute approximate surface area is 147 Å². The van der Waals surface area contributed by atoms with Crippen LogP contribution in [0.25, 0.3) is 11.0 Å². The van der Waals surface area contributed by atoms with Crippen molar-refractivity contribution in [3.63, 3.8) is 0 Å². The number of aryl methyl sites for hydroxylation is 1. The molecule has 132 valence electrons. The molecule has 0 aliphatic heterocycles. The second-order valence-corrected chi connectivity index (χ2v) is 6.24. The number of rotatable bonds is 7. The number of pyridine rings is 1. The number of fused-ring (bicyclic) bond motifs is 1. The predicted molar refractivity (Wildman–Crippen MR) is 99.4 cm³/mol. The lowest BCUT2D eigenvalue weighted by Crippen LogP contribution is -2.14. The zero-order valence-electron chi connectivity index (χ0n) is 15.1. The molecule has 1 unspecified atom stereocenters. The van der Waals surface area contributed by atoms with Crippen LogP contribution in [0.1, 0.15) is 12.5 Å². The van der Waals surface area contributed by atoms with Gasteiger partial charge in [0.2, 0.25) is 0 Å². The van der Waals surface area contributed by atoms with Crippen LogP contribution < -0.4 is 14.8 Å². The molecule has 1 N–H and O–H groups in total. The third-order valence-corrected chi connectivity index (χ3v) is 4.31. The molecule has 0 aliphatic rings. The molecule has 1 aromatic carbocycles. The molecule has 0 bridgehead atoms. The van der Waals surface area contributed by atoms with Gasteiger partial charge in [-0.25, -0.2) is 4.98 Å². The molecule has 0 aliphatic carbocycles. The van der Waals surface area contributed by atoms with E-state index >= 15 is 0 Å². The number of methoxy groups -OCH3 is 2. The molecule has 0 saturated carbocycles. The summed E-state index contributed by atoms with van der Waals surface area (Å²) in [6, 6.07) is 8.08. The predicted octanol–water partition coefficient (Wildman–Crippen LogP) is 3.28. The molecular weight excluding hydrogens is 316 g/mol. The highest BCUT2D eigenvalue weighted by molar-refractivity contribution is 5.88. The Kier molecular flexibility index (Phi) is 5.07. The van der Waals surface area contributed by atoms with Crippen LogP contribution in [0, 0.1) is 5.92 Å². The van der Waals surface area contributed by atoms with E-state index in [1.54, 1.807) is 18.9 Å². The molecule has 0 spiro atoms. The Morgan fingerprint density at radius 1 is 1.16 bits per heavy atom. The lowest BCUT2D eigenvalue weighted by molar-refractivity contribution is 0.354. The van der Waals surface area contributed by atoms with Crippen molar-refractivity contribution in [1.29, 1.82) is 0 Å². The second-order valence-electron chi connectivity index (χ2n) is 6.24. The summed E-state index contributed by atoms with van der Waals surface area (Å²) >= 11 is 0. The summed E-state index contributed by atoms with van der Waals surface area (Å²) in [5, 5.41) is 8.84. The van der Waals surface area contributed by atoms with Gasteiger partial charge >= 0.3 is 0 Å². The van der Waals surface area contributed by atoms with Crippen molar-refractivity contribution < 1.29 is 9.47 Å². The number of hydrogen-bond donors (Lipinski definition) is 1. The maximum Gasteiger partial charge on any atom is 0.160 e. The average Bonchev–Trinajstić information content (AvgIpc) is 3.01. The van der Waals surface area contributed by atoms with Crippen molar-refractivity contribution in [3.05, 3.63) is 42.2 Å². The summed E-state index contributed by atoms with van der Waals surface area (Å²) < 4.78 is 12.5. The van der Waals surface area contributed by atoms with Crippen LogP contribution in [0.3, 0.4) is 0 Å². The first kappa shape index (κ1) is 17.1. The van der Waals surface area contributed by atoms with Gasteiger partial charge in [-0.2, -0.15) is 5.10 Å². The molecule has 1 atom stereocenters. The summed E-state index contributed by atoms with van der Waals surface area (Å²) in [5.74, 6) is 1.98. The van der Waals surface area contributed by atoms with Crippen LogP contribution in [0.15, 0.2) is 36.7 Å². The third kappa shape index (κ3) is 3.68. The number of hydrogen-bond acceptors (Lipinski definition) is 5. The van der Waals surface area contributed by atoms with Crippen LogP contribution in [-0.4, -0.2) is 35.5 Å². The number of benzene rings is 1. The molecule has 2 heterocycles. The van der Waals surface area contributed by atoms with E-state index in [2.05, 4.69) is 28.4 Å². The molecule has 0 amide bonds. The van der Waals surface area contributed by atoms with Crippen LogP contribution in [0.5, 0.6) is 11.5 Å². The van der Waals surface area contributed by atoms with Crippen LogP contribution >= 0.6 is 0 Å². The Morgan fingerprint density at radius 2 is 1.96 bits per heavy atom. The second kappa shape index (κ2) is 7.42. The van der Waals surface area contributed by atoms with Crippen LogP contribution in [-0.2, 0) is 13.5 Å². The largest absolute Gasteiger partial charge is 0.493 e. The van der Waals surface area contributed by atoms with Crippen molar-refractivity contribution in [3.8, 4) is 11.5 Å². The minimum Gasteiger partial charge on any atom is -0.493 e. The van der Waals surface area contributed by atoms with Crippen LogP contribution in [0.4, 0.5) is 5.69 Å². The molecule has 0 saturated heterocycles. The lowest BCUT2D eigenvalue weighted by Gasteiger charge is -2.15. The smallest absolute Gasteiger partial charge is 0.160 e. The van der Waals surface area contributed by atoms with Gasteiger partial charge in [0.25, 0.3) is 0 Å². The number of nitrogens with one attached hydrogen (secondary N) is 1. The van der Waals surface area contributed by atoms with E-state index in [4.69, 9.17) is 9.47 Å². The third-order valence-electron chi connectivity index (χ3n) is 4.31. The van der Waals surface area contributed by atoms with Crippen molar-refractivity contribution in [1.82, 2.24) is 14.8 Å². The summed E-state index contributed by atoms with van der Waals surface area (Å²) in [4.78, 5) is 4.37. The van der Waals surface area contributed by atoms with Gasteiger partial charge in [0.05, 0.1) is 25.8 Å². The van der Waals surface area contributed by atoms with Gasteiger partial charge in [0.1, 0.15) is 0 Å². The maximum atomic E-state index is 5.38. The fourth-order valence-electron chi connectivity index (χ4n) is 2.97. The highest BCUT2D eigenvalue weighted by Crippen LogP contribution is 2.28. The Morgan fingerprint density at radius 3 is 2.72 bits per heavy atom. The van der Waals surface area contributed by atoms with Crippen molar-refractivity contribution in [2.75, 3.05) is 26.1 Å². The highest BCUT2D eigenvalue weighted by Gasteiger charge is 2.10. The monoisotopic (exact) mass is 340 g/mol. The van der Waals surface area contributed by atoms with E-state index in [0.717, 1.165) is 41.2 Å². The van der Waals surface area contributed by atoms with Gasteiger partial charge < -0.3 is 14.8 Å². The van der Waals surface area contributed by atoms with Gasteiger partial charge in [0, 0.05) is 25.5 Å². The topological polar surface area (TPSA) is 61.2 Å².